The molecule has 1 atom stereocenters. The van der Waals surface area contributed by atoms with E-state index in [1.165, 1.54) is 19.1 Å². The topological polar surface area (TPSA) is 89.7 Å². The van der Waals surface area contributed by atoms with Gasteiger partial charge < -0.3 is 9.84 Å². The highest BCUT2D eigenvalue weighted by molar-refractivity contribution is 6.30. The normalized spacial score (nSPS) is 11.9. The van der Waals surface area contributed by atoms with Crippen LogP contribution in [0, 0.1) is 10.1 Å². The molecule has 0 aromatic heterocycles. The lowest BCUT2D eigenvalue weighted by molar-refractivity contribution is -0.386. The van der Waals surface area contributed by atoms with E-state index in [4.69, 9.17) is 21.4 Å². The second kappa shape index (κ2) is 4.80. The van der Waals surface area contributed by atoms with Crippen LogP contribution in [-0.4, -0.2) is 22.1 Å². The third kappa shape index (κ3) is 2.83. The number of carbonyl (C=O) groups is 1. The Morgan fingerprint density at radius 1 is 1.62 bits per heavy atom. The Balaban J connectivity index is 3.04. The molecule has 0 spiro atoms. The van der Waals surface area contributed by atoms with E-state index < -0.39 is 17.0 Å². The number of carboxylic acids is 1. The summed E-state index contributed by atoms with van der Waals surface area (Å²) in [5.41, 5.74) is -0.361. The molecule has 0 bridgehead atoms. The Morgan fingerprint density at radius 3 is 2.75 bits per heavy atom. The van der Waals surface area contributed by atoms with Gasteiger partial charge in [0.05, 0.1) is 4.92 Å². The highest BCUT2D eigenvalue weighted by Gasteiger charge is 2.20. The minimum Gasteiger partial charge on any atom is -0.479 e. The molecule has 0 amide bonds. The van der Waals surface area contributed by atoms with E-state index in [0.29, 0.717) is 0 Å². The van der Waals surface area contributed by atoms with E-state index in [2.05, 4.69) is 0 Å². The fourth-order valence-electron chi connectivity index (χ4n) is 0.974. The van der Waals surface area contributed by atoms with Crippen molar-refractivity contribution in [1.29, 1.82) is 0 Å². The van der Waals surface area contributed by atoms with Gasteiger partial charge in [0, 0.05) is 11.1 Å². The second-order valence-corrected chi connectivity index (χ2v) is 3.40. The smallest absolute Gasteiger partial charge is 0.344 e. The van der Waals surface area contributed by atoms with Gasteiger partial charge in [0.2, 0.25) is 0 Å². The van der Waals surface area contributed by atoms with E-state index in [9.17, 15) is 14.9 Å². The second-order valence-electron chi connectivity index (χ2n) is 2.97. The zero-order valence-electron chi connectivity index (χ0n) is 8.21. The van der Waals surface area contributed by atoms with Crippen LogP contribution in [0.4, 0.5) is 5.69 Å². The van der Waals surface area contributed by atoms with Crippen LogP contribution in [0.15, 0.2) is 18.2 Å². The number of halogens is 1. The van der Waals surface area contributed by atoms with E-state index in [0.717, 1.165) is 6.07 Å². The third-order valence-corrected chi connectivity index (χ3v) is 2.00. The first-order valence-electron chi connectivity index (χ1n) is 4.25. The molecular formula is C9H8ClNO5. The van der Waals surface area contributed by atoms with Crippen molar-refractivity contribution in [2.24, 2.45) is 0 Å². The molecule has 1 rings (SSSR count). The largest absolute Gasteiger partial charge is 0.479 e. The van der Waals surface area contributed by atoms with Crippen LogP contribution in [0.3, 0.4) is 0 Å². The van der Waals surface area contributed by atoms with Crippen molar-refractivity contribution in [3.8, 4) is 5.75 Å². The fraction of sp³-hybridized carbons (Fsp3) is 0.222. The van der Waals surface area contributed by atoms with Gasteiger partial charge in [-0.2, -0.15) is 0 Å². The maximum atomic E-state index is 10.6. The number of nitro groups is 1. The third-order valence-electron chi connectivity index (χ3n) is 1.77. The number of rotatable bonds is 4. The van der Waals surface area contributed by atoms with Crippen molar-refractivity contribution in [1.82, 2.24) is 0 Å². The minimum absolute atomic E-state index is 0.121. The average molecular weight is 246 g/mol. The molecule has 0 saturated carbocycles. The summed E-state index contributed by atoms with van der Waals surface area (Å²) < 4.78 is 4.92. The first-order chi connectivity index (χ1) is 7.41. The number of ether oxygens (including phenoxy) is 1. The summed E-state index contributed by atoms with van der Waals surface area (Å²) >= 11 is 5.58. The molecule has 1 N–H and O–H groups in total. The number of hydrogen-bond acceptors (Lipinski definition) is 4. The van der Waals surface area contributed by atoms with Crippen molar-refractivity contribution in [2.75, 3.05) is 0 Å². The lowest BCUT2D eigenvalue weighted by Crippen LogP contribution is -2.23. The highest BCUT2D eigenvalue weighted by Crippen LogP contribution is 2.30. The van der Waals surface area contributed by atoms with Gasteiger partial charge in [-0.25, -0.2) is 4.79 Å². The first kappa shape index (κ1) is 12.3. The maximum absolute atomic E-state index is 10.6. The lowest BCUT2D eigenvalue weighted by Gasteiger charge is -2.10. The van der Waals surface area contributed by atoms with Crippen molar-refractivity contribution >= 4 is 23.3 Å². The number of carboxylic acid groups (broad SMARTS) is 1. The van der Waals surface area contributed by atoms with Crippen molar-refractivity contribution < 1.29 is 19.6 Å². The first-order valence-corrected chi connectivity index (χ1v) is 4.63. The molecule has 86 valence electrons. The summed E-state index contributed by atoms with van der Waals surface area (Å²) in [5, 5.41) is 19.4. The molecule has 1 aromatic carbocycles. The molecule has 0 aliphatic rings. The maximum Gasteiger partial charge on any atom is 0.344 e. The number of benzene rings is 1. The van der Waals surface area contributed by atoms with Crippen LogP contribution >= 0.6 is 11.6 Å². The van der Waals surface area contributed by atoms with Gasteiger partial charge in [-0.05, 0) is 19.1 Å². The van der Waals surface area contributed by atoms with E-state index in [-0.39, 0.29) is 16.5 Å². The molecule has 0 unspecified atom stereocenters. The van der Waals surface area contributed by atoms with Crippen LogP contribution in [0.25, 0.3) is 0 Å². The van der Waals surface area contributed by atoms with Gasteiger partial charge in [0.1, 0.15) is 0 Å². The summed E-state index contributed by atoms with van der Waals surface area (Å²) in [6.07, 6.45) is -1.17. The monoisotopic (exact) mass is 245 g/mol. The summed E-state index contributed by atoms with van der Waals surface area (Å²) in [5.74, 6) is -1.33. The lowest BCUT2D eigenvalue weighted by atomic mass is 10.3. The van der Waals surface area contributed by atoms with E-state index in [1.807, 2.05) is 0 Å². The van der Waals surface area contributed by atoms with Gasteiger partial charge in [0.25, 0.3) is 0 Å². The Morgan fingerprint density at radius 2 is 2.25 bits per heavy atom. The van der Waals surface area contributed by atoms with Crippen molar-refractivity contribution in [3.05, 3.63) is 33.3 Å². The van der Waals surface area contributed by atoms with Crippen LogP contribution in [0.1, 0.15) is 6.92 Å². The summed E-state index contributed by atoms with van der Waals surface area (Å²) in [6, 6.07) is 3.75. The summed E-state index contributed by atoms with van der Waals surface area (Å²) in [6.45, 7) is 1.28. The summed E-state index contributed by atoms with van der Waals surface area (Å²) in [4.78, 5) is 20.5. The quantitative estimate of drug-likeness (QED) is 0.648. The Kier molecular flexibility index (Phi) is 3.68. The van der Waals surface area contributed by atoms with Gasteiger partial charge in [0.15, 0.2) is 11.9 Å². The molecule has 0 aliphatic carbocycles. The minimum atomic E-state index is -1.20. The van der Waals surface area contributed by atoms with Crippen molar-refractivity contribution in [3.63, 3.8) is 0 Å². The predicted molar refractivity (Wildman–Crippen MR) is 55.8 cm³/mol. The van der Waals surface area contributed by atoms with E-state index in [1.54, 1.807) is 0 Å². The molecule has 0 fully saturated rings. The SMILES string of the molecule is C[C@@H](Oc1ccc(Cl)cc1[N+](=O)[O-])C(=O)O. The molecule has 0 saturated heterocycles. The van der Waals surface area contributed by atoms with Gasteiger partial charge in [-0.3, -0.25) is 10.1 Å². The molecule has 6 nitrogen and oxygen atoms in total. The zero-order valence-corrected chi connectivity index (χ0v) is 8.97. The van der Waals surface area contributed by atoms with Gasteiger partial charge in [-0.1, -0.05) is 11.6 Å². The van der Waals surface area contributed by atoms with E-state index >= 15 is 0 Å². The zero-order chi connectivity index (χ0) is 12.3. The van der Waals surface area contributed by atoms with Crippen LogP contribution < -0.4 is 4.74 Å². The molecule has 1 aromatic rings. The predicted octanol–water partition coefficient (Wildman–Crippen LogP) is 2.10. The van der Waals surface area contributed by atoms with Gasteiger partial charge >= 0.3 is 11.7 Å². The number of nitro benzene ring substituents is 1. The van der Waals surface area contributed by atoms with Crippen LogP contribution in [0.5, 0.6) is 5.75 Å². The standard InChI is InChI=1S/C9H8ClNO5/c1-5(9(12)13)16-8-3-2-6(10)4-7(8)11(14)15/h2-5H,1H3,(H,12,13)/t5-/m1/s1. The highest BCUT2D eigenvalue weighted by atomic mass is 35.5. The molecule has 0 aliphatic heterocycles. The Bertz CT molecular complexity index is 434. The molecule has 0 radical (unpaired) electrons. The molecular weight excluding hydrogens is 238 g/mol. The van der Waals surface area contributed by atoms with Crippen LogP contribution in [0.2, 0.25) is 5.02 Å². The summed E-state index contributed by atoms with van der Waals surface area (Å²) in [7, 11) is 0. The fourth-order valence-corrected chi connectivity index (χ4v) is 1.14. The Labute approximate surface area is 95.6 Å². The number of hydrogen-bond donors (Lipinski definition) is 1. The van der Waals surface area contributed by atoms with Crippen molar-refractivity contribution in [2.45, 2.75) is 13.0 Å². The van der Waals surface area contributed by atoms with Gasteiger partial charge in [-0.15, -0.1) is 0 Å². The molecule has 16 heavy (non-hydrogen) atoms. The Hall–Kier alpha value is -1.82. The number of nitrogens with zero attached hydrogens (tertiary/aromatic N) is 1. The average Bonchev–Trinajstić information content (AvgIpc) is 2.20. The number of aliphatic carboxylic acids is 1. The van der Waals surface area contributed by atoms with Crippen LogP contribution in [-0.2, 0) is 4.79 Å². The molecule has 0 heterocycles. The molecule has 7 heteroatoms.